The van der Waals surface area contributed by atoms with Crippen molar-refractivity contribution >= 4 is 29.8 Å². The number of quaternary nitrogens is 5. The van der Waals surface area contributed by atoms with Crippen LogP contribution in [0, 0.1) is 0 Å². The molecule has 0 fully saturated rings. The zero-order valence-electron chi connectivity index (χ0n) is 13.9. The number of carboxylic acids is 5. The van der Waals surface area contributed by atoms with Crippen molar-refractivity contribution in [2.45, 2.75) is 18.4 Å². The average Bonchev–Trinajstić information content (AvgIpc) is 2.14. The fourth-order valence-corrected chi connectivity index (χ4v) is 0.684. The van der Waals surface area contributed by atoms with Crippen LogP contribution in [0.15, 0.2) is 0 Å². The Bertz CT molecular complexity index is 385. The molecular weight excluding hydrogens is 342 g/mol. The summed E-state index contributed by atoms with van der Waals surface area (Å²) in [7, 11) is 0. The van der Waals surface area contributed by atoms with Crippen LogP contribution in [-0.2, 0) is 24.0 Å². The van der Waals surface area contributed by atoms with Crippen LogP contribution in [0.1, 0.15) is 12.8 Å². The molecule has 0 atom stereocenters. The Morgan fingerprint density at radius 3 is 0.917 bits per heavy atom. The fourth-order valence-electron chi connectivity index (χ4n) is 0.684. The first-order valence-electron chi connectivity index (χ1n) is 4.18. The first-order valence-corrected chi connectivity index (χ1v) is 4.18. The normalized spacial score (nSPS) is 7.71. The third-order valence-electron chi connectivity index (χ3n) is 1.42. The summed E-state index contributed by atoms with van der Waals surface area (Å²) >= 11 is 0. The molecule has 24 heavy (non-hydrogen) atoms. The largest absolute Gasteiger partial charge is 0.550 e. The zero-order chi connectivity index (χ0) is 15.8. The molecule has 0 aliphatic rings. The Balaban J connectivity index is -0.0000000465. The Kier molecular flexibility index (Phi) is 32.4. The maximum atomic E-state index is 10.1. The maximum absolute atomic E-state index is 10.1. The minimum atomic E-state index is -2.97. The zero-order valence-corrected chi connectivity index (χ0v) is 13.9. The van der Waals surface area contributed by atoms with Crippen molar-refractivity contribution in [3.05, 3.63) is 0 Å². The molecule has 16 heteroatoms. The highest BCUT2D eigenvalue weighted by atomic mass is 16.4. The van der Waals surface area contributed by atoms with Crippen molar-refractivity contribution in [2.24, 2.45) is 0 Å². The molecule has 0 amide bonds. The van der Waals surface area contributed by atoms with E-state index in [1.807, 2.05) is 0 Å². The number of aliphatic carboxylic acids is 5. The van der Waals surface area contributed by atoms with E-state index in [0.29, 0.717) is 0 Å². The molecule has 0 spiro atoms. The van der Waals surface area contributed by atoms with Gasteiger partial charge in [-0.05, 0) is 0 Å². The van der Waals surface area contributed by atoms with Gasteiger partial charge in [0.15, 0.2) is 0 Å². The summed E-state index contributed by atoms with van der Waals surface area (Å²) in [4.78, 5) is 47.9. The summed E-state index contributed by atoms with van der Waals surface area (Å²) in [5, 5.41) is 56.8. The quantitative estimate of drug-likeness (QED) is 0.247. The minimum Gasteiger partial charge on any atom is -0.550 e. The standard InChI is InChI=1S/C6H8O7.C2H2O4.5H3N/c7-3(8)1-6(13,5(11)12)2-4(9)10;3-1(4)2(5)6;;;;;/h13H,1-2H2,(H,7,8)(H,9,10)(H,11,12);(H,3,4)(H,5,6);5*1H3. The monoisotopic (exact) mass is 367 g/mol. The van der Waals surface area contributed by atoms with E-state index < -0.39 is 48.3 Å². The Labute approximate surface area is 135 Å². The second-order valence-electron chi connectivity index (χ2n) is 2.99. The molecule has 21 N–H and O–H groups in total. The van der Waals surface area contributed by atoms with E-state index in [0.717, 1.165) is 0 Å². The second-order valence-corrected chi connectivity index (χ2v) is 2.99. The van der Waals surface area contributed by atoms with Gasteiger partial charge in [-0.3, -0.25) is 0 Å². The van der Waals surface area contributed by atoms with Crippen LogP contribution >= 0.6 is 0 Å². The summed E-state index contributed by atoms with van der Waals surface area (Å²) in [5.74, 6) is -10.4. The Morgan fingerprint density at radius 1 is 0.625 bits per heavy atom. The van der Waals surface area contributed by atoms with Gasteiger partial charge in [-0.2, -0.15) is 0 Å². The lowest BCUT2D eigenvalue weighted by atomic mass is 9.96. The summed E-state index contributed by atoms with van der Waals surface area (Å²) < 4.78 is 0. The number of carbonyl (C=O) groups is 5. The van der Waals surface area contributed by atoms with Crippen LogP contribution in [0.4, 0.5) is 0 Å². The van der Waals surface area contributed by atoms with Gasteiger partial charge in [0.1, 0.15) is 5.60 Å². The first-order chi connectivity index (χ1) is 8.42. The molecule has 0 rings (SSSR count). The van der Waals surface area contributed by atoms with Crippen LogP contribution < -0.4 is 56.3 Å². The van der Waals surface area contributed by atoms with E-state index in [2.05, 4.69) is 0 Å². The Morgan fingerprint density at radius 2 is 0.833 bits per heavy atom. The fraction of sp³-hybridized carbons (Fsp3) is 0.375. The van der Waals surface area contributed by atoms with E-state index in [-0.39, 0.29) is 30.8 Å². The molecule has 0 aromatic rings. The van der Waals surface area contributed by atoms with Gasteiger partial charge >= 0.3 is 0 Å². The first kappa shape index (κ1) is 42.9. The van der Waals surface area contributed by atoms with Crippen LogP contribution in [-0.4, -0.2) is 40.6 Å². The van der Waals surface area contributed by atoms with E-state index in [1.54, 1.807) is 0 Å². The van der Waals surface area contributed by atoms with Crippen molar-refractivity contribution in [2.75, 3.05) is 0 Å². The summed E-state index contributed by atoms with van der Waals surface area (Å²) in [6.45, 7) is 0. The van der Waals surface area contributed by atoms with E-state index in [1.165, 1.54) is 0 Å². The lowest BCUT2D eigenvalue weighted by molar-refractivity contribution is -0.345. The van der Waals surface area contributed by atoms with Crippen LogP contribution in [0.5, 0.6) is 0 Å². The number of hydrogen-bond acceptors (Lipinski definition) is 11. The highest BCUT2D eigenvalue weighted by molar-refractivity contribution is 6.25. The molecule has 16 nitrogen and oxygen atoms in total. The van der Waals surface area contributed by atoms with Crippen LogP contribution in [0.25, 0.3) is 0 Å². The van der Waals surface area contributed by atoms with E-state index in [9.17, 15) is 29.7 Å². The SMILES string of the molecule is O=C([O-])C(=O)[O-].O=C([O-])CC(O)(CC(=O)[O-])C(=O)[O-].[NH4+].[NH4+].[NH4+].[NH4+].[NH4+]. The van der Waals surface area contributed by atoms with Gasteiger partial charge in [0.2, 0.25) is 0 Å². The predicted octanol–water partition coefficient (Wildman–Crippen LogP) is -6.89. The molecule has 0 saturated carbocycles. The molecule has 0 aliphatic carbocycles. The maximum Gasteiger partial charge on any atom is 0.114 e. The number of rotatable bonds is 5. The van der Waals surface area contributed by atoms with E-state index in [4.69, 9.17) is 24.9 Å². The van der Waals surface area contributed by atoms with Crippen molar-refractivity contribution in [3.8, 4) is 0 Å². The molecule has 0 bridgehead atoms. The third kappa shape index (κ3) is 21.4. The number of carbonyl (C=O) groups excluding carboxylic acids is 5. The van der Waals surface area contributed by atoms with Gasteiger partial charge in [-0.15, -0.1) is 0 Å². The number of hydrogen-bond donors (Lipinski definition) is 6. The number of aliphatic hydroxyl groups is 1. The second kappa shape index (κ2) is 18.2. The van der Waals surface area contributed by atoms with Crippen LogP contribution in [0.3, 0.4) is 0 Å². The summed E-state index contributed by atoms with van der Waals surface area (Å²) in [6, 6.07) is 0. The van der Waals surface area contributed by atoms with Crippen molar-refractivity contribution < 1.29 is 54.6 Å². The van der Waals surface area contributed by atoms with Gasteiger partial charge in [0.05, 0.1) is 17.9 Å². The van der Waals surface area contributed by atoms with E-state index >= 15 is 0 Å². The predicted molar refractivity (Wildman–Crippen MR) is 69.1 cm³/mol. The third-order valence-corrected chi connectivity index (χ3v) is 1.42. The average molecular weight is 367 g/mol. The lowest BCUT2D eigenvalue weighted by Gasteiger charge is -2.29. The summed E-state index contributed by atoms with van der Waals surface area (Å²) in [6.07, 6.45) is -2.72. The summed E-state index contributed by atoms with van der Waals surface area (Å²) in [5.41, 5.74) is -2.97. The lowest BCUT2D eigenvalue weighted by Crippen LogP contribution is -2.54. The van der Waals surface area contributed by atoms with Gasteiger partial charge in [-0.1, -0.05) is 0 Å². The van der Waals surface area contributed by atoms with Crippen LogP contribution in [0.2, 0.25) is 0 Å². The molecule has 0 aromatic carbocycles. The highest BCUT2D eigenvalue weighted by Gasteiger charge is 2.29. The highest BCUT2D eigenvalue weighted by Crippen LogP contribution is 2.13. The van der Waals surface area contributed by atoms with Crippen molar-refractivity contribution in [1.82, 2.24) is 30.8 Å². The smallest absolute Gasteiger partial charge is 0.114 e. The molecule has 0 heterocycles. The molecular formula is C8H25N5O11. The van der Waals surface area contributed by atoms with Gasteiger partial charge < -0.3 is 85.4 Å². The molecule has 0 unspecified atom stereocenters. The van der Waals surface area contributed by atoms with Gasteiger partial charge in [0.25, 0.3) is 0 Å². The molecule has 0 aliphatic heterocycles. The molecule has 0 radical (unpaired) electrons. The Hall–Kier alpha value is -2.89. The molecule has 0 aromatic heterocycles. The number of carboxylic acid groups (broad SMARTS) is 5. The molecule has 0 saturated heterocycles. The topological polar surface area (TPSA) is 403 Å². The van der Waals surface area contributed by atoms with Gasteiger partial charge in [0, 0.05) is 24.8 Å². The van der Waals surface area contributed by atoms with Gasteiger partial charge in [-0.25, -0.2) is 0 Å². The van der Waals surface area contributed by atoms with Crippen molar-refractivity contribution in [1.29, 1.82) is 0 Å². The molecule has 148 valence electrons. The minimum absolute atomic E-state index is 0. The van der Waals surface area contributed by atoms with Crippen molar-refractivity contribution in [3.63, 3.8) is 0 Å².